The van der Waals surface area contributed by atoms with Crippen molar-refractivity contribution in [2.45, 2.75) is 30.8 Å². The largest absolute Gasteiger partial charge is 0.385 e. The first kappa shape index (κ1) is 19.5. The highest BCUT2D eigenvalue weighted by Crippen LogP contribution is 2.48. The van der Waals surface area contributed by atoms with Crippen molar-refractivity contribution in [1.82, 2.24) is 4.90 Å². The third-order valence-electron chi connectivity index (χ3n) is 6.92. The molecule has 1 aliphatic carbocycles. The predicted molar refractivity (Wildman–Crippen MR) is 119 cm³/mol. The number of rotatable bonds is 5. The van der Waals surface area contributed by atoms with Crippen LogP contribution in [0.1, 0.15) is 36.3 Å². The summed E-state index contributed by atoms with van der Waals surface area (Å²) >= 11 is 0. The Balaban J connectivity index is 1.21. The summed E-state index contributed by atoms with van der Waals surface area (Å²) in [7, 11) is 0. The maximum Gasteiger partial charge on any atom is 0.131 e. The van der Waals surface area contributed by atoms with E-state index >= 15 is 0 Å². The van der Waals surface area contributed by atoms with Gasteiger partial charge in [0.05, 0.1) is 5.60 Å². The monoisotopic (exact) mass is 401 g/mol. The van der Waals surface area contributed by atoms with Crippen molar-refractivity contribution < 1.29 is 9.50 Å². The molecule has 2 nitrogen and oxygen atoms in total. The van der Waals surface area contributed by atoms with E-state index in [1.54, 1.807) is 6.07 Å². The van der Waals surface area contributed by atoms with Crippen molar-refractivity contribution in [2.24, 2.45) is 5.92 Å². The molecule has 0 radical (unpaired) electrons. The first-order chi connectivity index (χ1) is 14.6. The van der Waals surface area contributed by atoms with Crippen molar-refractivity contribution >= 4 is 0 Å². The van der Waals surface area contributed by atoms with E-state index in [0.29, 0.717) is 29.9 Å². The van der Waals surface area contributed by atoms with Crippen molar-refractivity contribution in [3.8, 4) is 11.1 Å². The molecule has 2 unspecified atom stereocenters. The van der Waals surface area contributed by atoms with Crippen LogP contribution in [0.25, 0.3) is 11.1 Å². The smallest absolute Gasteiger partial charge is 0.131 e. The Kier molecular flexibility index (Phi) is 5.18. The minimum Gasteiger partial charge on any atom is -0.385 e. The topological polar surface area (TPSA) is 23.5 Å². The van der Waals surface area contributed by atoms with Crippen molar-refractivity contribution in [2.75, 3.05) is 19.6 Å². The summed E-state index contributed by atoms with van der Waals surface area (Å²) in [5.74, 6) is 1.14. The Morgan fingerprint density at radius 1 is 0.900 bits per heavy atom. The van der Waals surface area contributed by atoms with Crippen LogP contribution in [-0.2, 0) is 5.60 Å². The lowest BCUT2D eigenvalue weighted by Crippen LogP contribution is -2.43. The van der Waals surface area contributed by atoms with Gasteiger partial charge in [0.2, 0.25) is 0 Å². The van der Waals surface area contributed by atoms with Gasteiger partial charge < -0.3 is 10.0 Å². The molecule has 1 aliphatic heterocycles. The van der Waals surface area contributed by atoms with Gasteiger partial charge in [-0.2, -0.15) is 0 Å². The maximum atomic E-state index is 14.8. The number of piperidine rings is 1. The van der Waals surface area contributed by atoms with Gasteiger partial charge in [-0.25, -0.2) is 4.39 Å². The Morgan fingerprint density at radius 2 is 1.57 bits per heavy atom. The average molecular weight is 402 g/mol. The molecule has 0 aromatic heterocycles. The Hall–Kier alpha value is -2.49. The third kappa shape index (κ3) is 3.92. The standard InChI is InChI=1S/C27H28FNO/c28-26-18-23(11-12-24(26)20-7-3-1-4-8-20)27(30)13-15-29(16-14-27)19-22-17-25(22)21-9-5-2-6-10-21/h1-12,18,22,25,30H,13-17,19H2. The van der Waals surface area contributed by atoms with E-state index in [9.17, 15) is 9.50 Å². The summed E-state index contributed by atoms with van der Waals surface area (Å²) in [6.45, 7) is 2.81. The number of halogens is 1. The molecule has 1 saturated heterocycles. The molecule has 0 amide bonds. The van der Waals surface area contributed by atoms with Gasteiger partial charge in [-0.3, -0.25) is 0 Å². The van der Waals surface area contributed by atoms with E-state index in [0.717, 1.165) is 31.1 Å². The Labute approximate surface area is 178 Å². The maximum absolute atomic E-state index is 14.8. The van der Waals surface area contributed by atoms with Crippen LogP contribution in [0.15, 0.2) is 78.9 Å². The second kappa shape index (κ2) is 7.98. The van der Waals surface area contributed by atoms with Crippen LogP contribution in [0.3, 0.4) is 0 Å². The minimum atomic E-state index is -0.936. The summed E-state index contributed by atoms with van der Waals surface area (Å²) in [5.41, 5.74) is 2.66. The van der Waals surface area contributed by atoms with Gasteiger partial charge in [0.1, 0.15) is 5.82 Å². The van der Waals surface area contributed by atoms with Gasteiger partial charge in [0.15, 0.2) is 0 Å². The fourth-order valence-corrected chi connectivity index (χ4v) is 4.94. The number of hydrogen-bond acceptors (Lipinski definition) is 2. The lowest BCUT2D eigenvalue weighted by molar-refractivity contribution is -0.0270. The molecule has 30 heavy (non-hydrogen) atoms. The van der Waals surface area contributed by atoms with E-state index < -0.39 is 5.60 Å². The zero-order chi connectivity index (χ0) is 20.6. The van der Waals surface area contributed by atoms with Crippen LogP contribution >= 0.6 is 0 Å². The lowest BCUT2D eigenvalue weighted by atomic mass is 9.83. The molecule has 0 spiro atoms. The fraction of sp³-hybridized carbons (Fsp3) is 0.333. The molecule has 2 aliphatic rings. The summed E-state index contributed by atoms with van der Waals surface area (Å²) in [5, 5.41) is 11.2. The van der Waals surface area contributed by atoms with Crippen LogP contribution in [0.5, 0.6) is 0 Å². The Bertz CT molecular complexity index is 996. The zero-order valence-corrected chi connectivity index (χ0v) is 17.2. The summed E-state index contributed by atoms with van der Waals surface area (Å²) in [6.07, 6.45) is 2.57. The molecular weight excluding hydrogens is 373 g/mol. The Morgan fingerprint density at radius 3 is 2.23 bits per heavy atom. The van der Waals surface area contributed by atoms with Crippen LogP contribution in [0, 0.1) is 11.7 Å². The zero-order valence-electron chi connectivity index (χ0n) is 17.2. The predicted octanol–water partition coefficient (Wildman–Crippen LogP) is 5.58. The number of nitrogens with zero attached hydrogens (tertiary/aromatic N) is 1. The number of likely N-dealkylation sites (tertiary alicyclic amines) is 1. The lowest BCUT2D eigenvalue weighted by Gasteiger charge is -2.38. The first-order valence-corrected chi connectivity index (χ1v) is 11.0. The van der Waals surface area contributed by atoms with Gasteiger partial charge >= 0.3 is 0 Å². The molecule has 0 bridgehead atoms. The van der Waals surface area contributed by atoms with E-state index in [1.807, 2.05) is 36.4 Å². The number of aliphatic hydroxyl groups is 1. The van der Waals surface area contributed by atoms with E-state index in [4.69, 9.17) is 0 Å². The molecular formula is C27H28FNO. The van der Waals surface area contributed by atoms with E-state index in [1.165, 1.54) is 18.1 Å². The van der Waals surface area contributed by atoms with Crippen molar-refractivity contribution in [3.63, 3.8) is 0 Å². The molecule has 1 heterocycles. The van der Waals surface area contributed by atoms with Crippen LogP contribution in [-0.4, -0.2) is 29.6 Å². The number of hydrogen-bond donors (Lipinski definition) is 1. The van der Waals surface area contributed by atoms with Crippen LogP contribution < -0.4 is 0 Å². The molecule has 1 N–H and O–H groups in total. The highest BCUT2D eigenvalue weighted by molar-refractivity contribution is 5.64. The van der Waals surface area contributed by atoms with Crippen LogP contribution in [0.2, 0.25) is 0 Å². The molecule has 3 aromatic carbocycles. The highest BCUT2D eigenvalue weighted by Gasteiger charge is 2.41. The summed E-state index contributed by atoms with van der Waals surface area (Å²) < 4.78 is 14.8. The average Bonchev–Trinajstić information content (AvgIpc) is 3.56. The second-order valence-electron chi connectivity index (χ2n) is 8.91. The van der Waals surface area contributed by atoms with Crippen molar-refractivity contribution in [3.05, 3.63) is 95.8 Å². The molecule has 3 aromatic rings. The number of benzene rings is 3. The normalized spacial score (nSPS) is 23.3. The SMILES string of the molecule is OC1(c2ccc(-c3ccccc3)c(F)c2)CCN(CC2CC2c2ccccc2)CC1. The molecule has 5 rings (SSSR count). The first-order valence-electron chi connectivity index (χ1n) is 11.0. The van der Waals surface area contributed by atoms with E-state index in [-0.39, 0.29) is 5.82 Å². The molecule has 2 fully saturated rings. The molecule has 3 heteroatoms. The second-order valence-corrected chi connectivity index (χ2v) is 8.91. The molecule has 154 valence electrons. The van der Waals surface area contributed by atoms with E-state index in [2.05, 4.69) is 35.2 Å². The molecule has 2 atom stereocenters. The quantitative estimate of drug-likeness (QED) is 0.603. The van der Waals surface area contributed by atoms with Gasteiger partial charge in [0.25, 0.3) is 0 Å². The minimum absolute atomic E-state index is 0.266. The molecule has 1 saturated carbocycles. The van der Waals surface area contributed by atoms with Crippen molar-refractivity contribution in [1.29, 1.82) is 0 Å². The van der Waals surface area contributed by atoms with Gasteiger partial charge in [-0.1, -0.05) is 72.8 Å². The summed E-state index contributed by atoms with van der Waals surface area (Å²) in [4.78, 5) is 2.47. The fourth-order valence-electron chi connectivity index (χ4n) is 4.94. The van der Waals surface area contributed by atoms with Gasteiger partial charge in [0, 0.05) is 25.2 Å². The van der Waals surface area contributed by atoms with Gasteiger partial charge in [-0.05, 0) is 53.9 Å². The third-order valence-corrected chi connectivity index (χ3v) is 6.92. The van der Waals surface area contributed by atoms with Crippen LogP contribution in [0.4, 0.5) is 4.39 Å². The summed E-state index contributed by atoms with van der Waals surface area (Å²) in [6, 6.07) is 25.6. The van der Waals surface area contributed by atoms with Gasteiger partial charge in [-0.15, -0.1) is 0 Å². The highest BCUT2D eigenvalue weighted by atomic mass is 19.1.